The lowest BCUT2D eigenvalue weighted by Crippen LogP contribution is -2.45. The van der Waals surface area contributed by atoms with Gasteiger partial charge in [-0.3, -0.25) is 19.0 Å². The molecule has 4 heterocycles. The number of hydrogen-bond donors (Lipinski definition) is 0. The Kier molecular flexibility index (Phi) is 4.85. The summed E-state index contributed by atoms with van der Waals surface area (Å²) in [6.07, 6.45) is 4.86. The van der Waals surface area contributed by atoms with E-state index in [2.05, 4.69) is 4.98 Å². The molecule has 1 aliphatic rings. The Bertz CT molecular complexity index is 1100. The van der Waals surface area contributed by atoms with Crippen LogP contribution in [0.4, 0.5) is 0 Å². The Morgan fingerprint density at radius 3 is 2.89 bits per heavy atom. The standard InChI is InChI=1S/C20H22N4O4/c1-2-28-20(27)14-6-4-10-22(12-14)17(25)13-24-18-15(7-3-9-21-18)23-11-5-8-16(23)19(24)26/h3,5,7-9,11,14H,2,4,6,10,12-13H2,1H3/t14-/m0/s1. The number of fused-ring (bicyclic) bond motifs is 3. The van der Waals surface area contributed by atoms with Crippen molar-refractivity contribution < 1.29 is 14.3 Å². The highest BCUT2D eigenvalue weighted by Gasteiger charge is 2.29. The average molecular weight is 382 g/mol. The summed E-state index contributed by atoms with van der Waals surface area (Å²) >= 11 is 0. The molecule has 1 saturated heterocycles. The first kappa shape index (κ1) is 18.2. The molecule has 0 aliphatic carbocycles. The summed E-state index contributed by atoms with van der Waals surface area (Å²) in [6, 6.07) is 7.19. The van der Waals surface area contributed by atoms with Gasteiger partial charge >= 0.3 is 5.97 Å². The molecular formula is C20H22N4O4. The maximum Gasteiger partial charge on any atom is 0.310 e. The lowest BCUT2D eigenvalue weighted by molar-refractivity contribution is -0.151. The molecule has 0 radical (unpaired) electrons. The van der Waals surface area contributed by atoms with E-state index in [9.17, 15) is 14.4 Å². The number of piperidine rings is 1. The highest BCUT2D eigenvalue weighted by molar-refractivity contribution is 5.81. The summed E-state index contributed by atoms with van der Waals surface area (Å²) in [7, 11) is 0. The highest BCUT2D eigenvalue weighted by Crippen LogP contribution is 2.19. The summed E-state index contributed by atoms with van der Waals surface area (Å²) < 4.78 is 8.30. The van der Waals surface area contributed by atoms with Crippen LogP contribution in [-0.2, 0) is 20.9 Å². The number of pyridine rings is 1. The number of rotatable bonds is 4. The Balaban J connectivity index is 1.64. The molecule has 1 amide bonds. The van der Waals surface area contributed by atoms with Crippen molar-refractivity contribution in [1.29, 1.82) is 0 Å². The van der Waals surface area contributed by atoms with E-state index < -0.39 is 0 Å². The van der Waals surface area contributed by atoms with Crippen LogP contribution in [0.1, 0.15) is 19.8 Å². The maximum atomic E-state index is 12.9. The Labute approximate surface area is 161 Å². The first-order valence-corrected chi connectivity index (χ1v) is 9.49. The van der Waals surface area contributed by atoms with Crippen LogP contribution in [0.5, 0.6) is 0 Å². The van der Waals surface area contributed by atoms with Crippen molar-refractivity contribution >= 4 is 28.6 Å². The third kappa shape index (κ3) is 3.15. The van der Waals surface area contributed by atoms with Gasteiger partial charge in [0, 0.05) is 25.5 Å². The minimum absolute atomic E-state index is 0.108. The van der Waals surface area contributed by atoms with Gasteiger partial charge < -0.3 is 14.0 Å². The number of hydrogen-bond acceptors (Lipinski definition) is 5. The molecule has 0 spiro atoms. The number of carbonyl (C=O) groups is 2. The van der Waals surface area contributed by atoms with Crippen LogP contribution in [0.25, 0.3) is 16.7 Å². The van der Waals surface area contributed by atoms with Crippen LogP contribution in [0.15, 0.2) is 41.5 Å². The van der Waals surface area contributed by atoms with Gasteiger partial charge in [-0.2, -0.15) is 0 Å². The van der Waals surface area contributed by atoms with E-state index in [1.165, 1.54) is 4.57 Å². The van der Waals surface area contributed by atoms with Crippen molar-refractivity contribution in [3.8, 4) is 0 Å². The average Bonchev–Trinajstić information content (AvgIpc) is 3.21. The second-order valence-corrected chi connectivity index (χ2v) is 6.93. The topological polar surface area (TPSA) is 85.9 Å². The van der Waals surface area contributed by atoms with E-state index >= 15 is 0 Å². The summed E-state index contributed by atoms with van der Waals surface area (Å²) in [4.78, 5) is 43.9. The van der Waals surface area contributed by atoms with Crippen molar-refractivity contribution in [2.45, 2.75) is 26.3 Å². The molecule has 0 aromatic carbocycles. The number of nitrogens with zero attached hydrogens (tertiary/aromatic N) is 4. The smallest absolute Gasteiger partial charge is 0.310 e. The van der Waals surface area contributed by atoms with Crippen LogP contribution >= 0.6 is 0 Å². The van der Waals surface area contributed by atoms with E-state index in [1.807, 2.05) is 12.3 Å². The molecular weight excluding hydrogens is 360 g/mol. The van der Waals surface area contributed by atoms with Crippen LogP contribution in [0.2, 0.25) is 0 Å². The highest BCUT2D eigenvalue weighted by atomic mass is 16.5. The lowest BCUT2D eigenvalue weighted by atomic mass is 9.98. The molecule has 1 fully saturated rings. The zero-order valence-electron chi connectivity index (χ0n) is 15.7. The minimum atomic E-state index is -0.308. The maximum absolute atomic E-state index is 12.9. The van der Waals surface area contributed by atoms with Crippen molar-refractivity contribution in [2.24, 2.45) is 5.92 Å². The lowest BCUT2D eigenvalue weighted by Gasteiger charge is -2.31. The van der Waals surface area contributed by atoms with Gasteiger partial charge in [0.1, 0.15) is 12.1 Å². The minimum Gasteiger partial charge on any atom is -0.466 e. The molecule has 0 saturated carbocycles. The number of ether oxygens (including phenoxy) is 1. The van der Waals surface area contributed by atoms with Gasteiger partial charge in [-0.05, 0) is 44.0 Å². The molecule has 3 aromatic heterocycles. The first-order valence-electron chi connectivity index (χ1n) is 9.49. The fraction of sp³-hybridized carbons (Fsp3) is 0.400. The monoisotopic (exact) mass is 382 g/mol. The fourth-order valence-electron chi connectivity index (χ4n) is 3.82. The predicted molar refractivity (Wildman–Crippen MR) is 103 cm³/mol. The largest absolute Gasteiger partial charge is 0.466 e. The zero-order valence-corrected chi connectivity index (χ0v) is 15.7. The number of amides is 1. The zero-order chi connectivity index (χ0) is 19.7. The molecule has 0 bridgehead atoms. The SMILES string of the molecule is CCOC(=O)[C@H]1CCCN(C(=O)Cn2c(=O)c3cccn3c3cccnc32)C1. The van der Waals surface area contributed by atoms with Gasteiger partial charge in [-0.15, -0.1) is 0 Å². The molecule has 28 heavy (non-hydrogen) atoms. The van der Waals surface area contributed by atoms with E-state index in [-0.39, 0.29) is 29.9 Å². The normalized spacial score (nSPS) is 17.2. The summed E-state index contributed by atoms with van der Waals surface area (Å²) in [5.41, 5.74) is 1.46. The van der Waals surface area contributed by atoms with Crippen LogP contribution in [0, 0.1) is 5.92 Å². The predicted octanol–water partition coefficient (Wildman–Crippen LogP) is 1.45. The Morgan fingerprint density at radius 1 is 1.25 bits per heavy atom. The third-order valence-corrected chi connectivity index (χ3v) is 5.18. The second kappa shape index (κ2) is 7.46. The van der Waals surface area contributed by atoms with Crippen LogP contribution < -0.4 is 5.56 Å². The van der Waals surface area contributed by atoms with Crippen LogP contribution in [-0.4, -0.2) is 50.4 Å². The number of carbonyl (C=O) groups excluding carboxylic acids is 2. The van der Waals surface area contributed by atoms with Crippen molar-refractivity contribution in [3.05, 3.63) is 47.0 Å². The summed E-state index contributed by atoms with van der Waals surface area (Å²) in [6.45, 7) is 2.89. The van der Waals surface area contributed by atoms with Crippen molar-refractivity contribution in [1.82, 2.24) is 18.9 Å². The number of aromatic nitrogens is 3. The fourth-order valence-corrected chi connectivity index (χ4v) is 3.82. The molecule has 1 aliphatic heterocycles. The number of likely N-dealkylation sites (tertiary alicyclic amines) is 1. The van der Waals surface area contributed by atoms with E-state index in [1.54, 1.807) is 40.6 Å². The van der Waals surface area contributed by atoms with E-state index in [0.717, 1.165) is 11.9 Å². The third-order valence-electron chi connectivity index (χ3n) is 5.18. The van der Waals surface area contributed by atoms with Gasteiger partial charge in [0.15, 0.2) is 5.65 Å². The molecule has 1 atom stereocenters. The molecule has 146 valence electrons. The number of esters is 1. The molecule has 0 N–H and O–H groups in total. The molecule has 3 aromatic rings. The van der Waals surface area contributed by atoms with Gasteiger partial charge in [0.05, 0.1) is 18.0 Å². The Hall–Kier alpha value is -3.16. The molecule has 8 nitrogen and oxygen atoms in total. The van der Waals surface area contributed by atoms with Crippen molar-refractivity contribution in [3.63, 3.8) is 0 Å². The first-order chi connectivity index (χ1) is 13.6. The molecule has 8 heteroatoms. The van der Waals surface area contributed by atoms with Crippen molar-refractivity contribution in [2.75, 3.05) is 19.7 Å². The molecule has 4 rings (SSSR count). The van der Waals surface area contributed by atoms with E-state index in [0.29, 0.717) is 37.3 Å². The summed E-state index contributed by atoms with van der Waals surface area (Å²) in [5.74, 6) is -0.768. The van der Waals surface area contributed by atoms with Gasteiger partial charge in [-0.1, -0.05) is 0 Å². The van der Waals surface area contributed by atoms with Gasteiger partial charge in [-0.25, -0.2) is 4.98 Å². The van der Waals surface area contributed by atoms with Crippen LogP contribution in [0.3, 0.4) is 0 Å². The quantitative estimate of drug-likeness (QED) is 0.638. The summed E-state index contributed by atoms with van der Waals surface area (Å²) in [5, 5.41) is 0. The second-order valence-electron chi connectivity index (χ2n) is 6.93. The van der Waals surface area contributed by atoms with Gasteiger partial charge in [0.2, 0.25) is 5.91 Å². The van der Waals surface area contributed by atoms with E-state index in [4.69, 9.17) is 4.74 Å². The van der Waals surface area contributed by atoms with Gasteiger partial charge in [0.25, 0.3) is 5.56 Å². The Morgan fingerprint density at radius 2 is 2.07 bits per heavy atom. The molecule has 0 unspecified atom stereocenters.